The summed E-state index contributed by atoms with van der Waals surface area (Å²) in [6.07, 6.45) is -2.61. The molecule has 3 nitrogen and oxygen atoms in total. The number of aliphatic imine (C=N–C) groups is 1. The number of rotatable bonds is 4. The van der Waals surface area contributed by atoms with Gasteiger partial charge in [0.15, 0.2) is 0 Å². The molecule has 1 aromatic carbocycles. The lowest BCUT2D eigenvalue weighted by Crippen LogP contribution is -2.04. The highest BCUT2D eigenvalue weighted by molar-refractivity contribution is 5.66. The van der Waals surface area contributed by atoms with E-state index in [1.54, 1.807) is 0 Å². The van der Waals surface area contributed by atoms with Crippen LogP contribution in [0.15, 0.2) is 23.2 Å². The number of aryl methyl sites for hydroxylation is 1. The maximum atomic E-state index is 12.5. The van der Waals surface area contributed by atoms with Crippen molar-refractivity contribution in [3.8, 4) is 0 Å². The molecule has 0 saturated carbocycles. The number of halogens is 3. The smallest absolute Gasteiger partial charge is 0.258 e. The Kier molecular flexibility index (Phi) is 4.65. The third kappa shape index (κ3) is 3.83. The summed E-state index contributed by atoms with van der Waals surface area (Å²) in [4.78, 5) is 7.59. The van der Waals surface area contributed by atoms with Gasteiger partial charge >= 0.3 is 6.18 Å². The Morgan fingerprint density at radius 3 is 2.65 bits per heavy atom. The number of hydrogen-bond donors (Lipinski definition) is 1. The van der Waals surface area contributed by atoms with Crippen LogP contribution >= 0.6 is 0 Å². The molecule has 17 heavy (non-hydrogen) atoms. The minimum Gasteiger partial charge on any atom is -0.258 e. The first-order chi connectivity index (χ1) is 7.99. The van der Waals surface area contributed by atoms with Crippen LogP contribution in [-0.4, -0.2) is 18.1 Å². The Labute approximate surface area is 96.5 Å². The molecule has 0 fully saturated rings. The summed E-state index contributed by atoms with van der Waals surface area (Å²) in [5, 5.41) is 8.08. The van der Waals surface area contributed by atoms with Crippen LogP contribution in [0.3, 0.4) is 0 Å². The van der Waals surface area contributed by atoms with E-state index in [1.807, 2.05) is 6.92 Å². The first-order valence-electron chi connectivity index (χ1n) is 4.98. The van der Waals surface area contributed by atoms with Crippen LogP contribution in [0.2, 0.25) is 0 Å². The van der Waals surface area contributed by atoms with Crippen molar-refractivity contribution in [3.05, 3.63) is 29.3 Å². The number of benzene rings is 1. The second-order valence-electron chi connectivity index (χ2n) is 3.30. The SMILES string of the molecule is CCc1ccc(C(F)(F)F)cc1N=CCOO. The summed E-state index contributed by atoms with van der Waals surface area (Å²) in [5.74, 6) is 0. The van der Waals surface area contributed by atoms with Gasteiger partial charge in [0, 0.05) is 6.21 Å². The molecule has 0 aliphatic rings. The normalized spacial score (nSPS) is 12.3. The van der Waals surface area contributed by atoms with Crippen molar-refractivity contribution in [3.63, 3.8) is 0 Å². The fourth-order valence-corrected chi connectivity index (χ4v) is 1.33. The lowest BCUT2D eigenvalue weighted by molar-refractivity contribution is -0.226. The molecule has 0 aliphatic carbocycles. The summed E-state index contributed by atoms with van der Waals surface area (Å²) in [7, 11) is 0. The number of hydrogen-bond acceptors (Lipinski definition) is 3. The van der Waals surface area contributed by atoms with E-state index in [0.717, 1.165) is 12.1 Å². The van der Waals surface area contributed by atoms with E-state index < -0.39 is 11.7 Å². The topological polar surface area (TPSA) is 41.8 Å². The molecular weight excluding hydrogens is 235 g/mol. The standard InChI is InChI=1S/C11H12F3NO2/c1-2-8-3-4-9(11(12,13)14)7-10(8)15-5-6-17-16/h3-5,7,16H,2,6H2,1H3. The van der Waals surface area contributed by atoms with Gasteiger partial charge in [0.1, 0.15) is 6.61 Å². The molecule has 0 radical (unpaired) electrons. The van der Waals surface area contributed by atoms with Gasteiger partial charge in [-0.05, 0) is 24.1 Å². The van der Waals surface area contributed by atoms with Crippen molar-refractivity contribution < 1.29 is 23.3 Å². The van der Waals surface area contributed by atoms with Crippen molar-refractivity contribution in [1.29, 1.82) is 0 Å². The van der Waals surface area contributed by atoms with Crippen LogP contribution in [-0.2, 0) is 17.5 Å². The molecule has 94 valence electrons. The van der Waals surface area contributed by atoms with E-state index in [-0.39, 0.29) is 12.3 Å². The molecule has 1 N–H and O–H groups in total. The molecule has 0 atom stereocenters. The molecule has 0 aromatic heterocycles. The lowest BCUT2D eigenvalue weighted by Gasteiger charge is -2.09. The predicted octanol–water partition coefficient (Wildman–Crippen LogP) is 3.46. The van der Waals surface area contributed by atoms with Crippen LogP contribution < -0.4 is 0 Å². The molecule has 0 unspecified atom stereocenters. The first-order valence-corrected chi connectivity index (χ1v) is 4.98. The molecule has 0 saturated heterocycles. The predicted molar refractivity (Wildman–Crippen MR) is 57.6 cm³/mol. The van der Waals surface area contributed by atoms with Crippen LogP contribution in [0, 0.1) is 0 Å². The monoisotopic (exact) mass is 247 g/mol. The van der Waals surface area contributed by atoms with Gasteiger partial charge in [-0.2, -0.15) is 13.2 Å². The maximum Gasteiger partial charge on any atom is 0.416 e. The second-order valence-corrected chi connectivity index (χ2v) is 3.30. The fourth-order valence-electron chi connectivity index (χ4n) is 1.33. The average Bonchev–Trinajstić information content (AvgIpc) is 2.28. The van der Waals surface area contributed by atoms with Crippen molar-refractivity contribution in [2.75, 3.05) is 6.61 Å². The lowest BCUT2D eigenvalue weighted by atomic mass is 10.1. The summed E-state index contributed by atoms with van der Waals surface area (Å²) in [6.45, 7) is 1.66. The fraction of sp³-hybridized carbons (Fsp3) is 0.364. The molecule has 1 aromatic rings. The van der Waals surface area contributed by atoms with Gasteiger partial charge in [-0.3, -0.25) is 10.2 Å². The van der Waals surface area contributed by atoms with Crippen molar-refractivity contribution in [1.82, 2.24) is 0 Å². The molecule has 0 aliphatic heterocycles. The minimum absolute atomic E-state index is 0.167. The second kappa shape index (κ2) is 5.79. The number of nitrogens with zero attached hydrogens (tertiary/aromatic N) is 1. The highest BCUT2D eigenvalue weighted by Crippen LogP contribution is 2.33. The van der Waals surface area contributed by atoms with E-state index in [4.69, 9.17) is 5.26 Å². The van der Waals surface area contributed by atoms with Gasteiger partial charge in [-0.15, -0.1) is 0 Å². The molecule has 0 bridgehead atoms. The van der Waals surface area contributed by atoms with Gasteiger partial charge < -0.3 is 0 Å². The molecule has 1 rings (SSSR count). The van der Waals surface area contributed by atoms with E-state index in [1.165, 1.54) is 12.3 Å². The quantitative estimate of drug-likeness (QED) is 0.503. The van der Waals surface area contributed by atoms with Gasteiger partial charge in [0.05, 0.1) is 11.3 Å². The van der Waals surface area contributed by atoms with Crippen molar-refractivity contribution >= 4 is 11.9 Å². The maximum absolute atomic E-state index is 12.5. The van der Waals surface area contributed by atoms with Gasteiger partial charge in [-0.1, -0.05) is 13.0 Å². The number of alkyl halides is 3. The summed E-state index contributed by atoms with van der Waals surface area (Å²) in [5.41, 5.74) is 0.193. The largest absolute Gasteiger partial charge is 0.416 e. The Balaban J connectivity index is 3.07. The Morgan fingerprint density at radius 1 is 1.41 bits per heavy atom. The van der Waals surface area contributed by atoms with Gasteiger partial charge in [0.25, 0.3) is 0 Å². The zero-order chi connectivity index (χ0) is 12.9. The molecule has 0 heterocycles. The summed E-state index contributed by atoms with van der Waals surface area (Å²) >= 11 is 0. The molecule has 6 heteroatoms. The van der Waals surface area contributed by atoms with Crippen LogP contribution in [0.5, 0.6) is 0 Å². The van der Waals surface area contributed by atoms with Gasteiger partial charge in [0.2, 0.25) is 0 Å². The Morgan fingerprint density at radius 2 is 2.12 bits per heavy atom. The Hall–Kier alpha value is -1.40. The van der Waals surface area contributed by atoms with Crippen molar-refractivity contribution in [2.45, 2.75) is 19.5 Å². The van der Waals surface area contributed by atoms with E-state index in [0.29, 0.717) is 12.0 Å². The molecule has 0 spiro atoms. The van der Waals surface area contributed by atoms with Crippen LogP contribution in [0.1, 0.15) is 18.1 Å². The highest BCUT2D eigenvalue weighted by atomic mass is 19.4. The first kappa shape index (κ1) is 13.7. The Bertz CT molecular complexity index is 402. The zero-order valence-corrected chi connectivity index (χ0v) is 9.16. The third-order valence-electron chi connectivity index (χ3n) is 2.17. The van der Waals surface area contributed by atoms with Crippen molar-refractivity contribution in [2.24, 2.45) is 4.99 Å². The highest BCUT2D eigenvalue weighted by Gasteiger charge is 2.30. The summed E-state index contributed by atoms with van der Waals surface area (Å²) < 4.78 is 37.4. The van der Waals surface area contributed by atoms with Crippen LogP contribution in [0.25, 0.3) is 0 Å². The molecular formula is C11H12F3NO2. The zero-order valence-electron chi connectivity index (χ0n) is 9.16. The molecule has 0 amide bonds. The third-order valence-corrected chi connectivity index (χ3v) is 2.17. The van der Waals surface area contributed by atoms with E-state index in [2.05, 4.69) is 9.88 Å². The van der Waals surface area contributed by atoms with E-state index >= 15 is 0 Å². The minimum atomic E-state index is -4.38. The average molecular weight is 247 g/mol. The van der Waals surface area contributed by atoms with E-state index in [9.17, 15) is 13.2 Å². The summed E-state index contributed by atoms with van der Waals surface area (Å²) in [6, 6.07) is 3.41. The van der Waals surface area contributed by atoms with Gasteiger partial charge in [-0.25, -0.2) is 4.89 Å². The van der Waals surface area contributed by atoms with Crippen LogP contribution in [0.4, 0.5) is 18.9 Å².